The lowest BCUT2D eigenvalue weighted by Crippen LogP contribution is -2.48. The van der Waals surface area contributed by atoms with E-state index in [9.17, 15) is 9.59 Å². The number of aryl methyl sites for hydroxylation is 1. The lowest BCUT2D eigenvalue weighted by atomic mass is 9.94. The number of thiophene rings is 1. The number of hydrogen-bond acceptors (Lipinski definition) is 4. The number of rotatable bonds is 9. The van der Waals surface area contributed by atoms with Gasteiger partial charge < -0.3 is 10.2 Å². The highest BCUT2D eigenvalue weighted by molar-refractivity contribution is 7.10. The van der Waals surface area contributed by atoms with Gasteiger partial charge in [0, 0.05) is 35.4 Å². The Morgan fingerprint density at radius 2 is 1.91 bits per heavy atom. The highest BCUT2D eigenvalue weighted by Gasteiger charge is 2.33. The Hall–Kier alpha value is -2.99. The molecule has 1 N–H and O–H groups in total. The molecular formula is C28H33N3O2S. The molecule has 178 valence electrons. The van der Waals surface area contributed by atoms with Gasteiger partial charge in [0.25, 0.3) is 0 Å². The molecule has 1 aromatic carbocycles. The summed E-state index contributed by atoms with van der Waals surface area (Å²) in [5.41, 5.74) is 3.13. The second-order valence-electron chi connectivity index (χ2n) is 9.05. The van der Waals surface area contributed by atoms with Crippen molar-refractivity contribution >= 4 is 23.2 Å². The molecule has 1 saturated carbocycles. The molecule has 4 rings (SSSR count). The number of nitrogens with zero attached hydrogens (tertiary/aromatic N) is 2. The van der Waals surface area contributed by atoms with Crippen molar-refractivity contribution in [1.82, 2.24) is 15.2 Å². The minimum atomic E-state index is -0.702. The molecule has 0 unspecified atom stereocenters. The van der Waals surface area contributed by atoms with Crippen LogP contribution >= 0.6 is 11.3 Å². The highest BCUT2D eigenvalue weighted by atomic mass is 32.1. The van der Waals surface area contributed by atoms with Crippen molar-refractivity contribution in [3.63, 3.8) is 0 Å². The number of carbonyl (C=O) groups excluding carboxylic acids is 2. The normalized spacial score (nSPS) is 15.0. The molecule has 1 aliphatic carbocycles. The van der Waals surface area contributed by atoms with E-state index in [1.807, 2.05) is 41.8 Å². The van der Waals surface area contributed by atoms with Gasteiger partial charge in [0.1, 0.15) is 6.04 Å². The third-order valence-corrected chi connectivity index (χ3v) is 7.50. The molecule has 6 heteroatoms. The summed E-state index contributed by atoms with van der Waals surface area (Å²) in [6.45, 7) is 2.55. The van der Waals surface area contributed by atoms with Crippen LogP contribution in [0.15, 0.2) is 66.3 Å². The van der Waals surface area contributed by atoms with Crippen LogP contribution in [-0.2, 0) is 22.4 Å². The van der Waals surface area contributed by atoms with Crippen molar-refractivity contribution in [2.75, 3.05) is 6.54 Å². The molecule has 1 fully saturated rings. The van der Waals surface area contributed by atoms with Crippen molar-refractivity contribution in [2.45, 2.75) is 64.0 Å². The van der Waals surface area contributed by atoms with Gasteiger partial charge in [0.05, 0.1) is 6.42 Å². The summed E-state index contributed by atoms with van der Waals surface area (Å²) in [5, 5.41) is 5.24. The average Bonchev–Trinajstić information content (AvgIpc) is 3.36. The summed E-state index contributed by atoms with van der Waals surface area (Å²) in [4.78, 5) is 34.4. The molecule has 1 atom stereocenters. The molecule has 0 bridgehead atoms. The zero-order valence-electron chi connectivity index (χ0n) is 19.8. The van der Waals surface area contributed by atoms with Crippen LogP contribution in [0.3, 0.4) is 0 Å². The molecule has 3 aromatic rings. The number of hydrogen-bond donors (Lipinski definition) is 1. The second-order valence-corrected chi connectivity index (χ2v) is 10.1. The van der Waals surface area contributed by atoms with Gasteiger partial charge in [-0.05, 0) is 54.8 Å². The van der Waals surface area contributed by atoms with E-state index >= 15 is 0 Å². The third-order valence-electron chi connectivity index (χ3n) is 6.62. The summed E-state index contributed by atoms with van der Waals surface area (Å²) < 4.78 is 0. The van der Waals surface area contributed by atoms with Gasteiger partial charge in [-0.15, -0.1) is 11.3 Å². The number of pyridine rings is 1. The number of benzene rings is 1. The monoisotopic (exact) mass is 475 g/mol. The Morgan fingerprint density at radius 1 is 1.09 bits per heavy atom. The average molecular weight is 476 g/mol. The first-order valence-corrected chi connectivity index (χ1v) is 13.1. The zero-order valence-corrected chi connectivity index (χ0v) is 20.6. The SMILES string of the molecule is Cc1ccccc1CCN(C(=O)Cc1cccs1)[C@H](C(=O)NC1CCCCC1)c1cccnc1. The zero-order chi connectivity index (χ0) is 23.8. The molecule has 2 aromatic heterocycles. The number of aromatic nitrogens is 1. The van der Waals surface area contributed by atoms with Gasteiger partial charge >= 0.3 is 0 Å². The van der Waals surface area contributed by atoms with E-state index in [1.165, 1.54) is 17.5 Å². The lowest BCUT2D eigenvalue weighted by Gasteiger charge is -2.33. The van der Waals surface area contributed by atoms with Crippen LogP contribution in [0.4, 0.5) is 0 Å². The maximum atomic E-state index is 13.7. The van der Waals surface area contributed by atoms with Crippen molar-refractivity contribution in [2.24, 2.45) is 0 Å². The summed E-state index contributed by atoms with van der Waals surface area (Å²) in [6, 6.07) is 15.4. The smallest absolute Gasteiger partial charge is 0.247 e. The van der Waals surface area contributed by atoms with Crippen LogP contribution in [0.25, 0.3) is 0 Å². The van der Waals surface area contributed by atoms with Gasteiger partial charge in [0.15, 0.2) is 0 Å². The van der Waals surface area contributed by atoms with E-state index in [4.69, 9.17) is 0 Å². The van der Waals surface area contributed by atoms with Crippen molar-refractivity contribution < 1.29 is 9.59 Å². The fourth-order valence-electron chi connectivity index (χ4n) is 4.73. The van der Waals surface area contributed by atoms with Crippen LogP contribution in [0, 0.1) is 6.92 Å². The van der Waals surface area contributed by atoms with E-state index in [2.05, 4.69) is 29.4 Å². The molecule has 0 spiro atoms. The first-order valence-electron chi connectivity index (χ1n) is 12.2. The van der Waals surface area contributed by atoms with Gasteiger partial charge in [-0.25, -0.2) is 0 Å². The summed E-state index contributed by atoms with van der Waals surface area (Å²) in [7, 11) is 0. The summed E-state index contributed by atoms with van der Waals surface area (Å²) in [6.07, 6.45) is 9.88. The van der Waals surface area contributed by atoms with Crippen LogP contribution in [0.5, 0.6) is 0 Å². The van der Waals surface area contributed by atoms with E-state index in [0.717, 1.165) is 36.1 Å². The molecular weight excluding hydrogens is 442 g/mol. The Bertz CT molecular complexity index is 1060. The quantitative estimate of drug-likeness (QED) is 0.459. The maximum Gasteiger partial charge on any atom is 0.247 e. The van der Waals surface area contributed by atoms with Crippen LogP contribution < -0.4 is 5.32 Å². The minimum absolute atomic E-state index is 0.0383. The van der Waals surface area contributed by atoms with E-state index in [-0.39, 0.29) is 17.9 Å². The number of carbonyl (C=O) groups is 2. The Kier molecular flexibility index (Phi) is 8.47. The number of amides is 2. The molecule has 34 heavy (non-hydrogen) atoms. The van der Waals surface area contributed by atoms with Crippen LogP contribution in [0.1, 0.15) is 59.7 Å². The third kappa shape index (κ3) is 6.32. The number of nitrogens with one attached hydrogen (secondary N) is 1. The fraction of sp³-hybridized carbons (Fsp3) is 0.393. The van der Waals surface area contributed by atoms with Crippen molar-refractivity contribution in [3.05, 3.63) is 87.9 Å². The molecule has 0 radical (unpaired) electrons. The van der Waals surface area contributed by atoms with Gasteiger partial charge in [-0.2, -0.15) is 0 Å². The van der Waals surface area contributed by atoms with Gasteiger partial charge in [-0.3, -0.25) is 14.6 Å². The van der Waals surface area contributed by atoms with Gasteiger partial charge in [0.2, 0.25) is 11.8 Å². The standard InChI is InChI=1S/C28H33N3O2S/c1-21-9-5-6-10-22(21)15-17-31(26(32)19-25-14-8-18-34-25)27(23-11-7-16-29-20-23)28(33)30-24-12-3-2-4-13-24/h5-11,14,16,18,20,24,27H,2-4,12-13,15,17,19H2,1H3,(H,30,33)/t27-/m0/s1. The Labute approximate surface area is 206 Å². The lowest BCUT2D eigenvalue weighted by molar-refractivity contribution is -0.140. The van der Waals surface area contributed by atoms with Crippen molar-refractivity contribution in [3.8, 4) is 0 Å². The van der Waals surface area contributed by atoms with Crippen LogP contribution in [-0.4, -0.2) is 34.3 Å². The summed E-state index contributed by atoms with van der Waals surface area (Å²) in [5.74, 6) is -0.145. The molecule has 1 aliphatic rings. The molecule has 0 saturated heterocycles. The first kappa shape index (κ1) is 24.1. The van der Waals surface area contributed by atoms with Crippen LogP contribution in [0.2, 0.25) is 0 Å². The van der Waals surface area contributed by atoms with E-state index < -0.39 is 6.04 Å². The first-order chi connectivity index (χ1) is 16.6. The molecule has 5 nitrogen and oxygen atoms in total. The molecule has 2 heterocycles. The summed E-state index contributed by atoms with van der Waals surface area (Å²) >= 11 is 1.57. The van der Waals surface area contributed by atoms with E-state index in [0.29, 0.717) is 19.4 Å². The largest absolute Gasteiger partial charge is 0.351 e. The molecule has 2 amide bonds. The van der Waals surface area contributed by atoms with E-state index in [1.54, 1.807) is 28.6 Å². The predicted molar refractivity (Wildman–Crippen MR) is 137 cm³/mol. The Morgan fingerprint density at radius 3 is 2.62 bits per heavy atom. The Balaban J connectivity index is 1.63. The highest BCUT2D eigenvalue weighted by Crippen LogP contribution is 2.25. The van der Waals surface area contributed by atoms with Crippen molar-refractivity contribution in [1.29, 1.82) is 0 Å². The predicted octanol–water partition coefficient (Wildman–Crippen LogP) is 5.26. The maximum absolute atomic E-state index is 13.7. The molecule has 0 aliphatic heterocycles. The second kappa shape index (κ2) is 11.9. The minimum Gasteiger partial charge on any atom is -0.351 e. The fourth-order valence-corrected chi connectivity index (χ4v) is 5.43. The van der Waals surface area contributed by atoms with Gasteiger partial charge in [-0.1, -0.05) is 55.7 Å². The topological polar surface area (TPSA) is 62.3 Å².